The fraction of sp³-hybridized carbons (Fsp3) is 0.400. The number of hydrogen-bond donors (Lipinski definition) is 0. The van der Waals surface area contributed by atoms with Crippen LogP contribution in [0.1, 0.15) is 47.5 Å². The number of carbonyl (C=O) groups is 3. The van der Waals surface area contributed by atoms with E-state index in [0.717, 1.165) is 12.8 Å². The van der Waals surface area contributed by atoms with E-state index in [4.69, 9.17) is 9.26 Å². The number of carbonyl (C=O) groups excluding carboxylic acids is 3. The van der Waals surface area contributed by atoms with E-state index in [0.29, 0.717) is 22.7 Å². The van der Waals surface area contributed by atoms with Crippen LogP contribution in [0.5, 0.6) is 0 Å². The number of hydrogen-bond acceptors (Lipinski definition) is 6. The van der Waals surface area contributed by atoms with E-state index >= 15 is 0 Å². The highest BCUT2D eigenvalue weighted by Crippen LogP contribution is 2.49. The first-order valence-corrected chi connectivity index (χ1v) is 9.37. The first-order valence-electron chi connectivity index (χ1n) is 9.37. The van der Waals surface area contributed by atoms with Crippen molar-refractivity contribution < 1.29 is 23.6 Å². The highest BCUT2D eigenvalue weighted by Gasteiger charge is 2.64. The van der Waals surface area contributed by atoms with Crippen LogP contribution in [0.25, 0.3) is 0 Å². The summed E-state index contributed by atoms with van der Waals surface area (Å²) in [4.78, 5) is 42.5. The quantitative estimate of drug-likeness (QED) is 0.754. The predicted molar refractivity (Wildman–Crippen MR) is 96.1 cm³/mol. The summed E-state index contributed by atoms with van der Waals surface area (Å²) < 4.78 is 10.6. The molecule has 2 amide bonds. The third kappa shape index (κ3) is 2.30. The topological polar surface area (TPSA) is 93.0 Å². The summed E-state index contributed by atoms with van der Waals surface area (Å²) in [5, 5.41) is 3.84. The lowest BCUT2D eigenvalue weighted by molar-refractivity contribution is -0.159. The molecular formula is C20H19N3O5. The molecule has 0 radical (unpaired) electrons. The number of para-hydroxylation sites is 1. The molecule has 28 heavy (non-hydrogen) atoms. The number of anilines is 1. The van der Waals surface area contributed by atoms with E-state index in [2.05, 4.69) is 5.16 Å². The lowest BCUT2D eigenvalue weighted by Gasteiger charge is -2.48. The van der Waals surface area contributed by atoms with Gasteiger partial charge in [-0.3, -0.25) is 14.5 Å². The van der Waals surface area contributed by atoms with Crippen LogP contribution in [0, 0.1) is 6.92 Å². The Kier molecular flexibility index (Phi) is 3.59. The second-order valence-corrected chi connectivity index (χ2v) is 7.47. The number of fused-ring (bicyclic) bond motifs is 3. The van der Waals surface area contributed by atoms with Crippen LogP contribution in [0.2, 0.25) is 0 Å². The van der Waals surface area contributed by atoms with Gasteiger partial charge in [-0.2, -0.15) is 0 Å². The molecule has 1 aromatic carbocycles. The van der Waals surface area contributed by atoms with Gasteiger partial charge < -0.3 is 14.2 Å². The van der Waals surface area contributed by atoms with Gasteiger partial charge in [-0.1, -0.05) is 17.3 Å². The van der Waals surface area contributed by atoms with Crippen molar-refractivity contribution in [3.63, 3.8) is 0 Å². The molecule has 0 spiro atoms. The number of nitrogens with zero attached hydrogens (tertiary/aromatic N) is 3. The minimum absolute atomic E-state index is 0.0592. The van der Waals surface area contributed by atoms with Gasteiger partial charge in [0, 0.05) is 24.9 Å². The minimum Gasteiger partial charge on any atom is -0.456 e. The summed E-state index contributed by atoms with van der Waals surface area (Å²) in [6.07, 6.45) is 2.03. The number of rotatable bonds is 4. The van der Waals surface area contributed by atoms with Crippen LogP contribution in [0.3, 0.4) is 0 Å². The first kappa shape index (κ1) is 17.0. The van der Waals surface area contributed by atoms with E-state index in [1.165, 1.54) is 4.90 Å². The van der Waals surface area contributed by atoms with Gasteiger partial charge in [-0.15, -0.1) is 0 Å². The molecule has 3 aliphatic rings. The first-order chi connectivity index (χ1) is 13.5. The standard InChI is InChI=1S/C20H19N3O5/c1-12-10-13(21-28-12)11-27-19(26)20-9-8-17(24)23(20)16-5-3-2-4-15(16)18(25)22(20)14-6-7-14/h2-5,10,14H,6-9,11H2,1H3. The molecule has 2 aromatic rings. The van der Waals surface area contributed by atoms with Crippen molar-refractivity contribution in [2.24, 2.45) is 0 Å². The molecular weight excluding hydrogens is 362 g/mol. The third-order valence-electron chi connectivity index (χ3n) is 5.57. The molecule has 2 fully saturated rings. The maximum Gasteiger partial charge on any atom is 0.354 e. The van der Waals surface area contributed by atoms with Crippen molar-refractivity contribution in [2.75, 3.05) is 4.90 Å². The molecule has 8 nitrogen and oxygen atoms in total. The molecule has 5 rings (SSSR count). The summed E-state index contributed by atoms with van der Waals surface area (Å²) >= 11 is 0. The zero-order chi connectivity index (χ0) is 19.5. The molecule has 1 unspecified atom stereocenters. The van der Waals surface area contributed by atoms with Crippen LogP contribution < -0.4 is 4.90 Å². The average Bonchev–Trinajstić information content (AvgIpc) is 3.34. The molecule has 2 aliphatic heterocycles. The molecule has 1 saturated heterocycles. The van der Waals surface area contributed by atoms with Gasteiger partial charge in [-0.05, 0) is 31.9 Å². The van der Waals surface area contributed by atoms with Crippen LogP contribution >= 0.6 is 0 Å². The van der Waals surface area contributed by atoms with Crippen LogP contribution in [-0.2, 0) is 20.9 Å². The summed E-state index contributed by atoms with van der Waals surface area (Å²) in [6.45, 7) is 1.67. The Morgan fingerprint density at radius 2 is 2.11 bits per heavy atom. The molecule has 0 bridgehead atoms. The molecule has 0 N–H and O–H groups in total. The zero-order valence-corrected chi connectivity index (χ0v) is 15.4. The maximum atomic E-state index is 13.4. The minimum atomic E-state index is -1.43. The van der Waals surface area contributed by atoms with Crippen molar-refractivity contribution in [2.45, 2.75) is 50.9 Å². The van der Waals surface area contributed by atoms with Gasteiger partial charge >= 0.3 is 5.97 Å². The highest BCUT2D eigenvalue weighted by molar-refractivity contribution is 6.15. The normalized spacial score (nSPS) is 23.6. The summed E-state index contributed by atoms with van der Waals surface area (Å²) in [5.41, 5.74) is -0.0254. The van der Waals surface area contributed by atoms with Crippen molar-refractivity contribution in [3.8, 4) is 0 Å². The second-order valence-electron chi connectivity index (χ2n) is 7.47. The van der Waals surface area contributed by atoms with Gasteiger partial charge in [0.15, 0.2) is 0 Å². The molecule has 1 aliphatic carbocycles. The Morgan fingerprint density at radius 3 is 2.82 bits per heavy atom. The zero-order valence-electron chi connectivity index (χ0n) is 15.4. The lowest BCUT2D eigenvalue weighted by atomic mass is 9.96. The predicted octanol–water partition coefficient (Wildman–Crippen LogP) is 2.17. The fourth-order valence-electron chi connectivity index (χ4n) is 4.25. The highest BCUT2D eigenvalue weighted by atomic mass is 16.5. The van der Waals surface area contributed by atoms with Crippen molar-refractivity contribution in [1.29, 1.82) is 0 Å². The van der Waals surface area contributed by atoms with Crippen molar-refractivity contribution in [1.82, 2.24) is 10.1 Å². The number of esters is 1. The summed E-state index contributed by atoms with van der Waals surface area (Å²) in [6, 6.07) is 8.56. The third-order valence-corrected chi connectivity index (χ3v) is 5.57. The van der Waals surface area contributed by atoms with Crippen LogP contribution in [0.15, 0.2) is 34.9 Å². The Labute approximate surface area is 161 Å². The summed E-state index contributed by atoms with van der Waals surface area (Å²) in [7, 11) is 0. The van der Waals surface area contributed by atoms with Crippen LogP contribution in [-0.4, -0.2) is 39.5 Å². The fourth-order valence-corrected chi connectivity index (χ4v) is 4.25. The van der Waals surface area contributed by atoms with Gasteiger partial charge in [0.05, 0.1) is 11.3 Å². The van der Waals surface area contributed by atoms with E-state index in [1.807, 2.05) is 0 Å². The van der Waals surface area contributed by atoms with Gasteiger partial charge in [0.25, 0.3) is 5.91 Å². The molecule has 1 aromatic heterocycles. The largest absolute Gasteiger partial charge is 0.456 e. The van der Waals surface area contributed by atoms with Gasteiger partial charge in [0.2, 0.25) is 11.6 Å². The van der Waals surface area contributed by atoms with Gasteiger partial charge in [-0.25, -0.2) is 4.79 Å². The Morgan fingerprint density at radius 1 is 1.32 bits per heavy atom. The maximum absolute atomic E-state index is 13.4. The van der Waals surface area contributed by atoms with Crippen molar-refractivity contribution in [3.05, 3.63) is 47.3 Å². The molecule has 3 heterocycles. The Hall–Kier alpha value is -3.16. The van der Waals surface area contributed by atoms with E-state index in [-0.39, 0.29) is 37.3 Å². The molecule has 1 saturated carbocycles. The number of aryl methyl sites for hydroxylation is 1. The molecule has 8 heteroatoms. The van der Waals surface area contributed by atoms with E-state index < -0.39 is 11.6 Å². The Balaban J connectivity index is 1.57. The van der Waals surface area contributed by atoms with E-state index in [9.17, 15) is 14.4 Å². The van der Waals surface area contributed by atoms with Gasteiger partial charge in [0.1, 0.15) is 18.1 Å². The second kappa shape index (κ2) is 5.92. The lowest BCUT2D eigenvalue weighted by Crippen LogP contribution is -2.69. The number of amides is 2. The smallest absolute Gasteiger partial charge is 0.354 e. The summed E-state index contributed by atoms with van der Waals surface area (Å²) in [5.74, 6) is -0.393. The number of benzene rings is 1. The van der Waals surface area contributed by atoms with Crippen molar-refractivity contribution >= 4 is 23.5 Å². The van der Waals surface area contributed by atoms with Crippen LogP contribution in [0.4, 0.5) is 5.69 Å². The van der Waals surface area contributed by atoms with E-state index in [1.54, 1.807) is 42.2 Å². The Bertz CT molecular complexity index is 995. The number of ether oxygens (including phenoxy) is 1. The average molecular weight is 381 g/mol. The monoisotopic (exact) mass is 381 g/mol. The molecule has 144 valence electrons. The SMILES string of the molecule is Cc1cc(COC(=O)C23CCC(=O)N2c2ccccc2C(=O)N3C2CC2)no1. The number of aromatic nitrogens is 1. The molecule has 1 atom stereocenters.